The Morgan fingerprint density at radius 1 is 0.722 bits per heavy atom. The van der Waals surface area contributed by atoms with Gasteiger partial charge in [-0.05, 0) is 34.2 Å². The van der Waals surface area contributed by atoms with Gasteiger partial charge in [-0.25, -0.2) is 4.79 Å². The molecule has 3 aromatic carbocycles. The molecule has 286 valence electrons. The van der Waals surface area contributed by atoms with Gasteiger partial charge in [0.2, 0.25) is 17.6 Å². The van der Waals surface area contributed by atoms with Crippen molar-refractivity contribution in [1.82, 2.24) is 16.0 Å². The van der Waals surface area contributed by atoms with Crippen LogP contribution in [0.1, 0.15) is 41.9 Å². The summed E-state index contributed by atoms with van der Waals surface area (Å²) in [4.78, 5) is 65.7. The van der Waals surface area contributed by atoms with Crippen molar-refractivity contribution in [3.63, 3.8) is 0 Å². The molecular weight excluding hydrogens is 698 g/mol. The van der Waals surface area contributed by atoms with Crippen LogP contribution in [0.25, 0.3) is 16.7 Å². The van der Waals surface area contributed by atoms with E-state index in [1.54, 1.807) is 12.1 Å². The highest BCUT2D eigenvalue weighted by atomic mass is 16.6. The summed E-state index contributed by atoms with van der Waals surface area (Å²) in [5.74, 6) is -2.93. The summed E-state index contributed by atoms with van der Waals surface area (Å²) < 4.78 is 21.7. The number of alkyl carbamates (subject to hydrolysis) is 1. The van der Waals surface area contributed by atoms with E-state index in [-0.39, 0.29) is 84.4 Å². The number of ether oxygens (including phenoxy) is 4. The first kappa shape index (κ1) is 41.0. The highest BCUT2D eigenvalue weighted by Crippen LogP contribution is 2.44. The van der Waals surface area contributed by atoms with Gasteiger partial charge in [0.25, 0.3) is 0 Å². The van der Waals surface area contributed by atoms with E-state index in [0.29, 0.717) is 6.21 Å². The van der Waals surface area contributed by atoms with Crippen LogP contribution in [0.3, 0.4) is 0 Å². The fourth-order valence-corrected chi connectivity index (χ4v) is 5.87. The molecule has 3 amide bonds. The maximum Gasteiger partial charge on any atom is 0.407 e. The molecule has 54 heavy (non-hydrogen) atoms. The quantitative estimate of drug-likeness (QED) is 0.0456. The normalized spacial score (nSPS) is 12.7. The number of aliphatic carboxylic acids is 1. The average molecular weight is 744 g/mol. The minimum Gasteiger partial charge on any atom is -0.481 e. The van der Waals surface area contributed by atoms with E-state index in [0.717, 1.165) is 27.8 Å². The SMILES string of the molecule is [N-]=[N+]=CC(=O)CC[C@H](NC(=O)OCC1c2ccccc2-c2ccccc21)C(=O)N[C@@H](Cc1ccccc1)C(=O)NCCOCCOCCOCCC(=O)O. The number of nitrogens with one attached hydrogen (secondary N) is 3. The number of hydrogen-bond donors (Lipinski definition) is 4. The molecular formula is C39H45N5O10. The lowest BCUT2D eigenvalue weighted by atomic mass is 9.98. The van der Waals surface area contributed by atoms with Crippen molar-refractivity contribution in [1.29, 1.82) is 0 Å². The molecule has 0 bridgehead atoms. The van der Waals surface area contributed by atoms with E-state index in [2.05, 4.69) is 20.7 Å². The molecule has 0 radical (unpaired) electrons. The van der Waals surface area contributed by atoms with Gasteiger partial charge in [0.15, 0.2) is 0 Å². The third-order valence-electron chi connectivity index (χ3n) is 8.50. The molecule has 3 aromatic rings. The van der Waals surface area contributed by atoms with Crippen LogP contribution in [0.4, 0.5) is 4.79 Å². The third kappa shape index (κ3) is 13.4. The van der Waals surface area contributed by atoms with Crippen LogP contribution in [0, 0.1) is 0 Å². The first-order valence-electron chi connectivity index (χ1n) is 17.7. The number of carbonyl (C=O) groups excluding carboxylic acids is 4. The number of carboxylic acids is 1. The lowest BCUT2D eigenvalue weighted by molar-refractivity contribution is -0.138. The number of nitrogens with zero attached hydrogens (tertiary/aromatic N) is 2. The standard InChI is InChI=1S/C39H45N5O10/c40-42-25-28(45)14-15-34(44-39(50)54-26-33-31-12-6-4-10-29(31)30-11-5-7-13-32(30)33)38(49)43-35(24-27-8-2-1-3-9-27)37(48)41-17-19-52-21-23-53-22-20-51-18-16-36(46)47/h1-13,25,33-35H,14-24,26H2,(H,41,48)(H,43,49)(H,44,50)(H,46,47)/t34-,35-/m0/s1. The number of rotatable bonds is 24. The van der Waals surface area contributed by atoms with Crippen molar-refractivity contribution in [2.24, 2.45) is 0 Å². The van der Waals surface area contributed by atoms with Crippen molar-refractivity contribution in [2.75, 3.05) is 52.8 Å². The third-order valence-corrected chi connectivity index (χ3v) is 8.50. The van der Waals surface area contributed by atoms with Crippen molar-refractivity contribution in [2.45, 2.75) is 43.7 Å². The van der Waals surface area contributed by atoms with Crippen LogP contribution in [0.5, 0.6) is 0 Å². The molecule has 15 nitrogen and oxygen atoms in total. The van der Waals surface area contributed by atoms with E-state index in [1.165, 1.54) is 0 Å². The Morgan fingerprint density at radius 3 is 1.94 bits per heavy atom. The number of hydrogen-bond acceptors (Lipinski definition) is 9. The fraction of sp³-hybridized carbons (Fsp3) is 0.385. The van der Waals surface area contributed by atoms with Gasteiger partial charge in [-0.1, -0.05) is 78.9 Å². The van der Waals surface area contributed by atoms with Crippen molar-refractivity contribution in [3.8, 4) is 11.1 Å². The second kappa shape index (κ2) is 22.4. The number of benzene rings is 3. The molecule has 4 rings (SSSR count). The number of carboxylic acid groups (broad SMARTS) is 1. The first-order chi connectivity index (χ1) is 26.3. The molecule has 0 aliphatic heterocycles. The highest BCUT2D eigenvalue weighted by Gasteiger charge is 2.31. The molecule has 0 fully saturated rings. The Balaban J connectivity index is 1.32. The summed E-state index contributed by atoms with van der Waals surface area (Å²) in [5.41, 5.74) is 13.7. The van der Waals surface area contributed by atoms with Gasteiger partial charge in [0, 0.05) is 25.3 Å². The summed E-state index contributed by atoms with van der Waals surface area (Å²) in [7, 11) is 0. The summed E-state index contributed by atoms with van der Waals surface area (Å²) >= 11 is 0. The molecule has 0 unspecified atom stereocenters. The molecule has 0 saturated heterocycles. The van der Waals surface area contributed by atoms with E-state index < -0.39 is 41.7 Å². The zero-order valence-electron chi connectivity index (χ0n) is 29.8. The second-order valence-corrected chi connectivity index (χ2v) is 12.3. The highest BCUT2D eigenvalue weighted by molar-refractivity contribution is 6.25. The number of amides is 3. The summed E-state index contributed by atoms with van der Waals surface area (Å²) in [5, 5.41) is 16.7. The predicted octanol–water partition coefficient (Wildman–Crippen LogP) is 2.91. The van der Waals surface area contributed by atoms with E-state index in [1.807, 2.05) is 66.7 Å². The summed E-state index contributed by atoms with van der Waals surface area (Å²) in [6.45, 7) is 1.46. The molecule has 1 aliphatic rings. The van der Waals surface area contributed by atoms with Crippen LogP contribution in [0.2, 0.25) is 0 Å². The van der Waals surface area contributed by atoms with Crippen LogP contribution in [-0.4, -0.2) is 111 Å². The Kier molecular flexibility index (Phi) is 17.0. The molecule has 1 aliphatic carbocycles. The van der Waals surface area contributed by atoms with Gasteiger partial charge in [0.1, 0.15) is 18.7 Å². The number of ketones is 1. The zero-order valence-corrected chi connectivity index (χ0v) is 29.8. The Hall–Kier alpha value is -5.73. The molecule has 0 spiro atoms. The second-order valence-electron chi connectivity index (χ2n) is 12.3. The Morgan fingerprint density at radius 2 is 1.31 bits per heavy atom. The first-order valence-corrected chi connectivity index (χ1v) is 17.7. The van der Waals surface area contributed by atoms with Crippen LogP contribution in [0.15, 0.2) is 78.9 Å². The van der Waals surface area contributed by atoms with Crippen molar-refractivity contribution >= 4 is 35.9 Å². The van der Waals surface area contributed by atoms with Gasteiger partial charge >= 0.3 is 18.3 Å². The largest absolute Gasteiger partial charge is 0.481 e. The minimum absolute atomic E-state index is 0.000543. The van der Waals surface area contributed by atoms with E-state index in [4.69, 9.17) is 29.6 Å². The smallest absolute Gasteiger partial charge is 0.407 e. The zero-order chi connectivity index (χ0) is 38.5. The van der Waals surface area contributed by atoms with Crippen LogP contribution < -0.4 is 16.0 Å². The van der Waals surface area contributed by atoms with Gasteiger partial charge in [-0.3, -0.25) is 19.2 Å². The molecule has 15 heteroatoms. The fourth-order valence-electron chi connectivity index (χ4n) is 5.87. The van der Waals surface area contributed by atoms with Gasteiger partial charge in [-0.2, -0.15) is 4.79 Å². The van der Waals surface area contributed by atoms with E-state index >= 15 is 0 Å². The molecule has 0 aromatic heterocycles. The maximum absolute atomic E-state index is 13.7. The van der Waals surface area contributed by atoms with Crippen LogP contribution in [-0.2, 0) is 44.5 Å². The van der Waals surface area contributed by atoms with Gasteiger partial charge < -0.3 is 45.5 Å². The molecule has 4 N–H and O–H groups in total. The lowest BCUT2D eigenvalue weighted by Gasteiger charge is -2.23. The summed E-state index contributed by atoms with van der Waals surface area (Å²) in [6, 6.07) is 22.5. The molecule has 0 saturated carbocycles. The maximum atomic E-state index is 13.7. The number of fused-ring (bicyclic) bond motifs is 3. The molecule has 2 atom stereocenters. The summed E-state index contributed by atoms with van der Waals surface area (Å²) in [6.07, 6.45) is -0.510. The molecule has 0 heterocycles. The Bertz CT molecular complexity index is 1720. The van der Waals surface area contributed by atoms with Crippen molar-refractivity contribution in [3.05, 3.63) is 101 Å². The number of Topliss-reactive ketones (excluding diaryl/α,β-unsaturated/α-hetero) is 1. The lowest BCUT2D eigenvalue weighted by Crippen LogP contribution is -2.55. The van der Waals surface area contributed by atoms with Gasteiger partial charge in [0.05, 0.1) is 46.1 Å². The number of carbonyl (C=O) groups is 5. The van der Waals surface area contributed by atoms with E-state index in [9.17, 15) is 24.0 Å². The Labute approximate surface area is 312 Å². The average Bonchev–Trinajstić information content (AvgIpc) is 3.49. The monoisotopic (exact) mass is 743 g/mol. The van der Waals surface area contributed by atoms with Crippen LogP contribution >= 0.6 is 0 Å². The predicted molar refractivity (Wildman–Crippen MR) is 196 cm³/mol. The van der Waals surface area contributed by atoms with Crippen molar-refractivity contribution < 1.29 is 52.8 Å². The minimum atomic E-state index is -1.27. The van der Waals surface area contributed by atoms with Gasteiger partial charge in [-0.15, -0.1) is 0 Å². The topological polar surface area (TPSA) is 215 Å².